The predicted octanol–water partition coefficient (Wildman–Crippen LogP) is 2.82. The van der Waals surface area contributed by atoms with Gasteiger partial charge in [-0.2, -0.15) is 0 Å². The lowest BCUT2D eigenvalue weighted by molar-refractivity contribution is -0.139. The first kappa shape index (κ1) is 14.2. The SMILES string of the molecule is Cc1cccc(NC(=O)CC(C)(C)CC(=O)O)c1. The molecule has 18 heavy (non-hydrogen) atoms. The molecule has 0 atom stereocenters. The van der Waals surface area contributed by atoms with Crippen LogP contribution in [0.15, 0.2) is 24.3 Å². The third-order valence-corrected chi connectivity index (χ3v) is 2.57. The zero-order chi connectivity index (χ0) is 13.8. The summed E-state index contributed by atoms with van der Waals surface area (Å²) in [4.78, 5) is 22.5. The van der Waals surface area contributed by atoms with Gasteiger partial charge in [0.25, 0.3) is 0 Å². The molecular weight excluding hydrogens is 230 g/mol. The Morgan fingerprint density at radius 2 is 1.94 bits per heavy atom. The molecule has 0 unspecified atom stereocenters. The zero-order valence-corrected chi connectivity index (χ0v) is 11.0. The van der Waals surface area contributed by atoms with E-state index in [4.69, 9.17) is 5.11 Å². The second-order valence-corrected chi connectivity index (χ2v) is 5.33. The van der Waals surface area contributed by atoms with Gasteiger partial charge in [0, 0.05) is 12.1 Å². The van der Waals surface area contributed by atoms with Crippen LogP contribution in [-0.2, 0) is 9.59 Å². The molecule has 4 nitrogen and oxygen atoms in total. The van der Waals surface area contributed by atoms with E-state index in [1.54, 1.807) is 13.8 Å². The Balaban J connectivity index is 2.59. The smallest absolute Gasteiger partial charge is 0.303 e. The lowest BCUT2D eigenvalue weighted by Crippen LogP contribution is -2.24. The van der Waals surface area contributed by atoms with Gasteiger partial charge in [0.2, 0.25) is 5.91 Å². The summed E-state index contributed by atoms with van der Waals surface area (Å²) >= 11 is 0. The van der Waals surface area contributed by atoms with Crippen LogP contribution >= 0.6 is 0 Å². The molecule has 1 aromatic carbocycles. The molecule has 2 N–H and O–H groups in total. The number of anilines is 1. The molecule has 0 aliphatic heterocycles. The average molecular weight is 249 g/mol. The number of benzene rings is 1. The molecule has 0 bridgehead atoms. The third-order valence-electron chi connectivity index (χ3n) is 2.57. The minimum atomic E-state index is -0.886. The van der Waals surface area contributed by atoms with Crippen LogP contribution in [0.2, 0.25) is 0 Å². The van der Waals surface area contributed by atoms with Crippen molar-refractivity contribution >= 4 is 17.6 Å². The molecule has 0 heterocycles. The van der Waals surface area contributed by atoms with Crippen LogP contribution in [0.1, 0.15) is 32.3 Å². The first-order valence-electron chi connectivity index (χ1n) is 5.87. The van der Waals surface area contributed by atoms with Crippen LogP contribution in [0.3, 0.4) is 0 Å². The molecule has 1 amide bonds. The fraction of sp³-hybridized carbons (Fsp3) is 0.429. The maximum Gasteiger partial charge on any atom is 0.303 e. The minimum absolute atomic E-state index is 0.0196. The number of nitrogens with one attached hydrogen (secondary N) is 1. The van der Waals surface area contributed by atoms with Crippen LogP contribution in [0.5, 0.6) is 0 Å². The van der Waals surface area contributed by atoms with Crippen LogP contribution in [0.4, 0.5) is 5.69 Å². The monoisotopic (exact) mass is 249 g/mol. The lowest BCUT2D eigenvalue weighted by Gasteiger charge is -2.21. The summed E-state index contributed by atoms with van der Waals surface area (Å²) in [7, 11) is 0. The maximum absolute atomic E-state index is 11.8. The quantitative estimate of drug-likeness (QED) is 0.843. The Bertz CT molecular complexity index is 452. The minimum Gasteiger partial charge on any atom is -0.481 e. The zero-order valence-electron chi connectivity index (χ0n) is 11.0. The predicted molar refractivity (Wildman–Crippen MR) is 70.5 cm³/mol. The van der Waals surface area contributed by atoms with Crippen molar-refractivity contribution in [1.82, 2.24) is 0 Å². The highest BCUT2D eigenvalue weighted by atomic mass is 16.4. The van der Waals surface area contributed by atoms with Crippen LogP contribution in [0.25, 0.3) is 0 Å². The number of aliphatic carboxylic acids is 1. The standard InChI is InChI=1S/C14H19NO3/c1-10-5-4-6-11(7-10)15-12(16)8-14(2,3)9-13(17)18/h4-7H,8-9H2,1-3H3,(H,15,16)(H,17,18). The number of carboxylic acid groups (broad SMARTS) is 1. The molecule has 1 aromatic rings. The molecule has 0 saturated carbocycles. The highest BCUT2D eigenvalue weighted by molar-refractivity contribution is 5.91. The Kier molecular flexibility index (Phi) is 4.48. The van der Waals surface area contributed by atoms with Crippen molar-refractivity contribution in [2.75, 3.05) is 5.32 Å². The summed E-state index contributed by atoms with van der Waals surface area (Å²) < 4.78 is 0. The Morgan fingerprint density at radius 1 is 1.28 bits per heavy atom. The topological polar surface area (TPSA) is 66.4 Å². The number of carbonyl (C=O) groups excluding carboxylic acids is 1. The van der Waals surface area contributed by atoms with Crippen molar-refractivity contribution < 1.29 is 14.7 Å². The summed E-state index contributed by atoms with van der Waals surface area (Å²) in [6.45, 7) is 5.50. The van der Waals surface area contributed by atoms with E-state index in [2.05, 4.69) is 5.32 Å². The highest BCUT2D eigenvalue weighted by Crippen LogP contribution is 2.25. The van der Waals surface area contributed by atoms with Gasteiger partial charge in [-0.05, 0) is 30.0 Å². The molecule has 0 fully saturated rings. The molecule has 0 aromatic heterocycles. The van der Waals surface area contributed by atoms with Gasteiger partial charge < -0.3 is 10.4 Å². The summed E-state index contributed by atoms with van der Waals surface area (Å²) in [6, 6.07) is 7.51. The Hall–Kier alpha value is -1.84. The Morgan fingerprint density at radius 3 is 2.50 bits per heavy atom. The number of carbonyl (C=O) groups is 2. The molecular formula is C14H19NO3. The molecule has 0 aliphatic carbocycles. The van der Waals surface area contributed by atoms with Gasteiger partial charge in [0.1, 0.15) is 0 Å². The van der Waals surface area contributed by atoms with Crippen LogP contribution < -0.4 is 5.32 Å². The Labute approximate surface area is 107 Å². The van der Waals surface area contributed by atoms with Gasteiger partial charge in [-0.15, -0.1) is 0 Å². The van der Waals surface area contributed by atoms with E-state index < -0.39 is 11.4 Å². The largest absolute Gasteiger partial charge is 0.481 e. The maximum atomic E-state index is 11.8. The van der Waals surface area contributed by atoms with Crippen molar-refractivity contribution in [3.05, 3.63) is 29.8 Å². The summed E-state index contributed by atoms with van der Waals surface area (Å²) in [5.74, 6) is -1.05. The number of aryl methyl sites for hydroxylation is 1. The molecule has 0 saturated heterocycles. The van der Waals surface area contributed by atoms with Crippen molar-refractivity contribution in [2.24, 2.45) is 5.41 Å². The van der Waals surface area contributed by atoms with E-state index in [0.717, 1.165) is 11.3 Å². The third kappa shape index (κ3) is 4.99. The second-order valence-electron chi connectivity index (χ2n) is 5.33. The fourth-order valence-electron chi connectivity index (χ4n) is 1.83. The molecule has 4 heteroatoms. The van der Waals surface area contributed by atoms with E-state index in [9.17, 15) is 9.59 Å². The lowest BCUT2D eigenvalue weighted by atomic mass is 9.85. The molecule has 0 radical (unpaired) electrons. The van der Waals surface area contributed by atoms with E-state index >= 15 is 0 Å². The molecule has 0 spiro atoms. The number of hydrogen-bond donors (Lipinski definition) is 2. The normalized spacial score (nSPS) is 11.1. The summed E-state index contributed by atoms with van der Waals surface area (Å²) in [5, 5.41) is 11.5. The van der Waals surface area contributed by atoms with Gasteiger partial charge >= 0.3 is 5.97 Å². The van der Waals surface area contributed by atoms with Gasteiger partial charge in [0.15, 0.2) is 0 Å². The number of carboxylic acids is 1. The van der Waals surface area contributed by atoms with Crippen LogP contribution in [-0.4, -0.2) is 17.0 Å². The summed E-state index contributed by atoms with van der Waals surface area (Å²) in [6.07, 6.45) is 0.168. The van der Waals surface area contributed by atoms with Gasteiger partial charge in [-0.3, -0.25) is 9.59 Å². The van der Waals surface area contributed by atoms with E-state index in [0.29, 0.717) is 0 Å². The number of rotatable bonds is 5. The van der Waals surface area contributed by atoms with Gasteiger partial charge in [-0.1, -0.05) is 26.0 Å². The first-order valence-corrected chi connectivity index (χ1v) is 5.87. The number of hydrogen-bond acceptors (Lipinski definition) is 2. The van der Waals surface area contributed by atoms with E-state index in [1.165, 1.54) is 0 Å². The number of amides is 1. The van der Waals surface area contributed by atoms with Crippen molar-refractivity contribution in [3.8, 4) is 0 Å². The van der Waals surface area contributed by atoms with Crippen molar-refractivity contribution in [1.29, 1.82) is 0 Å². The fourth-order valence-corrected chi connectivity index (χ4v) is 1.83. The van der Waals surface area contributed by atoms with Gasteiger partial charge in [-0.25, -0.2) is 0 Å². The summed E-state index contributed by atoms with van der Waals surface area (Å²) in [5.41, 5.74) is 1.27. The van der Waals surface area contributed by atoms with Gasteiger partial charge in [0.05, 0.1) is 6.42 Å². The van der Waals surface area contributed by atoms with E-state index in [-0.39, 0.29) is 18.7 Å². The van der Waals surface area contributed by atoms with Crippen molar-refractivity contribution in [3.63, 3.8) is 0 Å². The molecule has 0 aliphatic rings. The average Bonchev–Trinajstić information content (AvgIpc) is 2.13. The first-order chi connectivity index (χ1) is 8.28. The second kappa shape index (κ2) is 5.67. The highest BCUT2D eigenvalue weighted by Gasteiger charge is 2.25. The van der Waals surface area contributed by atoms with Crippen LogP contribution in [0, 0.1) is 12.3 Å². The molecule has 1 rings (SSSR count). The van der Waals surface area contributed by atoms with E-state index in [1.807, 2.05) is 31.2 Å². The molecule has 98 valence electrons. The van der Waals surface area contributed by atoms with Crippen molar-refractivity contribution in [2.45, 2.75) is 33.6 Å².